The number of nitrogens with zero attached hydrogens (tertiary/aromatic N) is 1. The number of ether oxygens (including phenoxy) is 1. The molecule has 2 aliphatic heterocycles. The molecule has 2 aliphatic rings. The first-order valence-electron chi connectivity index (χ1n) is 7.45. The Morgan fingerprint density at radius 1 is 1.40 bits per heavy atom. The second kappa shape index (κ2) is 5.83. The van der Waals surface area contributed by atoms with Gasteiger partial charge in [-0.3, -0.25) is 9.69 Å². The van der Waals surface area contributed by atoms with Crippen LogP contribution in [0, 0.1) is 0 Å². The molecule has 20 heavy (non-hydrogen) atoms. The van der Waals surface area contributed by atoms with Gasteiger partial charge >= 0.3 is 5.97 Å². The first-order chi connectivity index (χ1) is 9.74. The van der Waals surface area contributed by atoms with Crippen LogP contribution in [0.2, 0.25) is 0 Å². The number of benzene rings is 1. The lowest BCUT2D eigenvalue weighted by Gasteiger charge is -2.32. The van der Waals surface area contributed by atoms with E-state index < -0.39 is 5.97 Å². The second-order valence-electron chi connectivity index (χ2n) is 5.68. The SMILES string of the molecule is O=C(O)C1CCCCN1CCc1ccc2c(c1)CCO2. The smallest absolute Gasteiger partial charge is 0.320 e. The maximum Gasteiger partial charge on any atom is 0.320 e. The van der Waals surface area contributed by atoms with Gasteiger partial charge in [0.25, 0.3) is 0 Å². The number of fused-ring (bicyclic) bond motifs is 1. The second-order valence-corrected chi connectivity index (χ2v) is 5.68. The van der Waals surface area contributed by atoms with E-state index in [0.717, 1.165) is 57.6 Å². The van der Waals surface area contributed by atoms with Crippen molar-refractivity contribution in [1.29, 1.82) is 0 Å². The summed E-state index contributed by atoms with van der Waals surface area (Å²) >= 11 is 0. The highest BCUT2D eigenvalue weighted by Gasteiger charge is 2.27. The van der Waals surface area contributed by atoms with Crippen LogP contribution in [0.25, 0.3) is 0 Å². The molecule has 0 aromatic heterocycles. The number of likely N-dealkylation sites (tertiary alicyclic amines) is 1. The first-order valence-corrected chi connectivity index (χ1v) is 7.45. The number of aliphatic carboxylic acids is 1. The van der Waals surface area contributed by atoms with Gasteiger partial charge in [0.15, 0.2) is 0 Å². The van der Waals surface area contributed by atoms with Crippen molar-refractivity contribution in [2.75, 3.05) is 19.7 Å². The first kappa shape index (κ1) is 13.4. The highest BCUT2D eigenvalue weighted by atomic mass is 16.5. The molecule has 0 spiro atoms. The summed E-state index contributed by atoms with van der Waals surface area (Å²) in [6.45, 7) is 2.52. The van der Waals surface area contributed by atoms with Crippen LogP contribution in [0.1, 0.15) is 30.4 Å². The van der Waals surface area contributed by atoms with Crippen molar-refractivity contribution in [2.24, 2.45) is 0 Å². The maximum atomic E-state index is 11.3. The highest BCUT2D eigenvalue weighted by Crippen LogP contribution is 2.26. The van der Waals surface area contributed by atoms with Gasteiger partial charge in [-0.15, -0.1) is 0 Å². The fraction of sp³-hybridized carbons (Fsp3) is 0.562. The van der Waals surface area contributed by atoms with Crippen LogP contribution >= 0.6 is 0 Å². The summed E-state index contributed by atoms with van der Waals surface area (Å²) in [7, 11) is 0. The Morgan fingerprint density at radius 3 is 3.15 bits per heavy atom. The molecule has 1 unspecified atom stereocenters. The molecule has 1 fully saturated rings. The molecule has 1 N–H and O–H groups in total. The summed E-state index contributed by atoms with van der Waals surface area (Å²) < 4.78 is 5.51. The molecule has 2 heterocycles. The van der Waals surface area contributed by atoms with Gasteiger partial charge in [0.2, 0.25) is 0 Å². The topological polar surface area (TPSA) is 49.8 Å². The minimum absolute atomic E-state index is 0.290. The van der Waals surface area contributed by atoms with Crippen LogP contribution in [-0.2, 0) is 17.6 Å². The third-order valence-corrected chi connectivity index (χ3v) is 4.34. The van der Waals surface area contributed by atoms with Gasteiger partial charge in [0.1, 0.15) is 11.8 Å². The third kappa shape index (κ3) is 2.80. The zero-order valence-electron chi connectivity index (χ0n) is 11.7. The van der Waals surface area contributed by atoms with Crippen LogP contribution in [0.3, 0.4) is 0 Å². The van der Waals surface area contributed by atoms with Gasteiger partial charge in [-0.05, 0) is 43.0 Å². The van der Waals surface area contributed by atoms with Crippen molar-refractivity contribution in [3.05, 3.63) is 29.3 Å². The molecule has 0 aliphatic carbocycles. The predicted molar refractivity (Wildman–Crippen MR) is 76.2 cm³/mol. The van der Waals surface area contributed by atoms with Crippen LogP contribution < -0.4 is 4.74 Å². The molecule has 1 aromatic carbocycles. The van der Waals surface area contributed by atoms with Crippen molar-refractivity contribution in [2.45, 2.75) is 38.1 Å². The van der Waals surface area contributed by atoms with Gasteiger partial charge in [-0.25, -0.2) is 0 Å². The average molecular weight is 275 g/mol. The van der Waals surface area contributed by atoms with Gasteiger partial charge in [-0.1, -0.05) is 18.6 Å². The van der Waals surface area contributed by atoms with E-state index in [2.05, 4.69) is 17.0 Å². The normalized spacial score (nSPS) is 22.3. The summed E-state index contributed by atoms with van der Waals surface area (Å²) in [5.74, 6) is 0.335. The Kier molecular flexibility index (Phi) is 3.92. The quantitative estimate of drug-likeness (QED) is 0.914. The van der Waals surface area contributed by atoms with Crippen LogP contribution in [0.4, 0.5) is 0 Å². The molecule has 4 nitrogen and oxygen atoms in total. The van der Waals surface area contributed by atoms with Crippen molar-refractivity contribution in [3.8, 4) is 5.75 Å². The Hall–Kier alpha value is -1.55. The number of carboxylic acid groups (broad SMARTS) is 1. The molecule has 4 heteroatoms. The average Bonchev–Trinajstić information content (AvgIpc) is 2.92. The maximum absolute atomic E-state index is 11.3. The molecule has 0 amide bonds. The zero-order valence-corrected chi connectivity index (χ0v) is 11.7. The number of hydrogen-bond acceptors (Lipinski definition) is 3. The Labute approximate surface area is 119 Å². The minimum Gasteiger partial charge on any atom is -0.493 e. The Bertz CT molecular complexity index is 500. The molecule has 0 radical (unpaired) electrons. The zero-order chi connectivity index (χ0) is 13.9. The van der Waals surface area contributed by atoms with E-state index in [1.807, 2.05) is 6.07 Å². The monoisotopic (exact) mass is 275 g/mol. The van der Waals surface area contributed by atoms with E-state index in [0.29, 0.717) is 0 Å². The molecule has 108 valence electrons. The van der Waals surface area contributed by atoms with E-state index in [4.69, 9.17) is 4.74 Å². The molecule has 3 rings (SSSR count). The standard InChI is InChI=1S/C16H21NO3/c18-16(19)14-3-1-2-8-17(14)9-6-12-4-5-15-13(11-12)7-10-20-15/h4-5,11,14H,1-3,6-10H2,(H,18,19). The van der Waals surface area contributed by atoms with Gasteiger partial charge in [0.05, 0.1) is 6.61 Å². The molecule has 1 saturated heterocycles. The number of hydrogen-bond donors (Lipinski definition) is 1. The number of carbonyl (C=O) groups is 1. The van der Waals surface area contributed by atoms with Crippen LogP contribution in [0.15, 0.2) is 18.2 Å². The van der Waals surface area contributed by atoms with Gasteiger partial charge in [0, 0.05) is 13.0 Å². The Morgan fingerprint density at radius 2 is 2.30 bits per heavy atom. The molecular weight excluding hydrogens is 254 g/mol. The van der Waals surface area contributed by atoms with Crippen LogP contribution in [-0.4, -0.2) is 41.7 Å². The molecule has 1 aromatic rings. The van der Waals surface area contributed by atoms with E-state index in [9.17, 15) is 9.90 Å². The summed E-state index contributed by atoms with van der Waals surface area (Å²) in [4.78, 5) is 13.4. The molecule has 0 bridgehead atoms. The third-order valence-electron chi connectivity index (χ3n) is 4.34. The number of rotatable bonds is 4. The Balaban J connectivity index is 1.62. The van der Waals surface area contributed by atoms with Crippen molar-refractivity contribution in [1.82, 2.24) is 4.90 Å². The predicted octanol–water partition coefficient (Wildman–Crippen LogP) is 2.10. The lowest BCUT2D eigenvalue weighted by molar-refractivity contribution is -0.144. The van der Waals surface area contributed by atoms with Crippen molar-refractivity contribution >= 4 is 5.97 Å². The summed E-state index contributed by atoms with van der Waals surface area (Å²) in [5.41, 5.74) is 2.57. The van der Waals surface area contributed by atoms with E-state index in [1.54, 1.807) is 0 Å². The largest absolute Gasteiger partial charge is 0.493 e. The summed E-state index contributed by atoms with van der Waals surface area (Å²) in [5, 5.41) is 9.27. The molecular formula is C16H21NO3. The minimum atomic E-state index is -0.674. The lowest BCUT2D eigenvalue weighted by atomic mass is 10.0. The fourth-order valence-electron chi connectivity index (χ4n) is 3.21. The lowest BCUT2D eigenvalue weighted by Crippen LogP contribution is -2.45. The summed E-state index contributed by atoms with van der Waals surface area (Å²) in [6, 6.07) is 6.07. The van der Waals surface area contributed by atoms with Crippen LogP contribution in [0.5, 0.6) is 5.75 Å². The summed E-state index contributed by atoms with van der Waals surface area (Å²) in [6.07, 6.45) is 4.83. The fourth-order valence-corrected chi connectivity index (χ4v) is 3.21. The number of piperidine rings is 1. The van der Waals surface area contributed by atoms with E-state index >= 15 is 0 Å². The molecule has 0 saturated carbocycles. The number of carboxylic acids is 1. The van der Waals surface area contributed by atoms with Crippen molar-refractivity contribution in [3.63, 3.8) is 0 Å². The molecule has 1 atom stereocenters. The van der Waals surface area contributed by atoms with E-state index in [1.165, 1.54) is 11.1 Å². The van der Waals surface area contributed by atoms with E-state index in [-0.39, 0.29) is 6.04 Å². The van der Waals surface area contributed by atoms with Crippen molar-refractivity contribution < 1.29 is 14.6 Å². The van der Waals surface area contributed by atoms with Gasteiger partial charge < -0.3 is 9.84 Å². The van der Waals surface area contributed by atoms with Gasteiger partial charge in [-0.2, -0.15) is 0 Å². The highest BCUT2D eigenvalue weighted by molar-refractivity contribution is 5.73.